The van der Waals surface area contributed by atoms with Gasteiger partial charge in [0.05, 0.1) is 6.54 Å². The van der Waals surface area contributed by atoms with E-state index < -0.39 is 0 Å². The van der Waals surface area contributed by atoms with E-state index in [-0.39, 0.29) is 5.91 Å². The standard InChI is InChI=1S/C16H25N3O/c1-3-13-6-4-7-14(10-13)18-16(20)12-19-9-5-8-15(11-19)17-2/h4,6-7,10,15,17H,3,5,8-9,11-12H2,1-2H3,(H,18,20). The van der Waals surface area contributed by atoms with Crippen molar-refractivity contribution in [3.63, 3.8) is 0 Å². The summed E-state index contributed by atoms with van der Waals surface area (Å²) in [6, 6.07) is 8.58. The Balaban J connectivity index is 1.85. The fourth-order valence-corrected chi connectivity index (χ4v) is 2.71. The van der Waals surface area contributed by atoms with Gasteiger partial charge < -0.3 is 10.6 Å². The van der Waals surface area contributed by atoms with Gasteiger partial charge in [0.15, 0.2) is 0 Å². The Kier molecular flexibility index (Phi) is 5.56. The van der Waals surface area contributed by atoms with Crippen molar-refractivity contribution in [1.29, 1.82) is 0 Å². The first-order valence-corrected chi connectivity index (χ1v) is 7.49. The predicted molar refractivity (Wildman–Crippen MR) is 83.0 cm³/mol. The van der Waals surface area contributed by atoms with Crippen LogP contribution in [0.25, 0.3) is 0 Å². The van der Waals surface area contributed by atoms with Crippen LogP contribution >= 0.6 is 0 Å². The van der Waals surface area contributed by atoms with Crippen LogP contribution in [0.5, 0.6) is 0 Å². The Morgan fingerprint density at radius 2 is 2.30 bits per heavy atom. The molecule has 0 aliphatic carbocycles. The minimum atomic E-state index is 0.0787. The number of carbonyl (C=O) groups excluding carboxylic acids is 1. The molecule has 110 valence electrons. The van der Waals surface area contributed by atoms with Gasteiger partial charge in [-0.2, -0.15) is 0 Å². The number of benzene rings is 1. The van der Waals surface area contributed by atoms with Crippen LogP contribution < -0.4 is 10.6 Å². The second-order valence-corrected chi connectivity index (χ2v) is 5.47. The Morgan fingerprint density at radius 1 is 1.45 bits per heavy atom. The molecule has 0 spiro atoms. The molecule has 1 saturated heterocycles. The average Bonchev–Trinajstić information content (AvgIpc) is 2.47. The van der Waals surface area contributed by atoms with Crippen molar-refractivity contribution in [2.45, 2.75) is 32.2 Å². The first kappa shape index (κ1) is 15.0. The number of hydrogen-bond acceptors (Lipinski definition) is 3. The zero-order chi connectivity index (χ0) is 14.4. The predicted octanol–water partition coefficient (Wildman–Crippen LogP) is 1.87. The lowest BCUT2D eigenvalue weighted by Crippen LogP contribution is -2.46. The highest BCUT2D eigenvalue weighted by molar-refractivity contribution is 5.92. The fraction of sp³-hybridized carbons (Fsp3) is 0.562. The number of amides is 1. The van der Waals surface area contributed by atoms with Gasteiger partial charge in [0.25, 0.3) is 0 Å². The summed E-state index contributed by atoms with van der Waals surface area (Å²) >= 11 is 0. The molecule has 4 heteroatoms. The summed E-state index contributed by atoms with van der Waals surface area (Å²) in [5.74, 6) is 0.0787. The molecule has 4 nitrogen and oxygen atoms in total. The van der Waals surface area contributed by atoms with Crippen LogP contribution in [0.3, 0.4) is 0 Å². The summed E-state index contributed by atoms with van der Waals surface area (Å²) in [6.45, 7) is 4.57. The second-order valence-electron chi connectivity index (χ2n) is 5.47. The van der Waals surface area contributed by atoms with Crippen molar-refractivity contribution in [1.82, 2.24) is 10.2 Å². The highest BCUT2D eigenvalue weighted by atomic mass is 16.2. The van der Waals surface area contributed by atoms with Crippen molar-refractivity contribution < 1.29 is 4.79 Å². The molecule has 2 rings (SSSR count). The Morgan fingerprint density at radius 3 is 3.05 bits per heavy atom. The summed E-state index contributed by atoms with van der Waals surface area (Å²) in [6.07, 6.45) is 3.34. The summed E-state index contributed by atoms with van der Waals surface area (Å²) in [5.41, 5.74) is 2.15. The highest BCUT2D eigenvalue weighted by Gasteiger charge is 2.20. The van der Waals surface area contributed by atoms with E-state index in [4.69, 9.17) is 0 Å². The summed E-state index contributed by atoms with van der Waals surface area (Å²) in [4.78, 5) is 14.3. The number of likely N-dealkylation sites (tertiary alicyclic amines) is 1. The maximum Gasteiger partial charge on any atom is 0.238 e. The molecule has 1 aromatic rings. The Hall–Kier alpha value is -1.39. The number of nitrogens with one attached hydrogen (secondary N) is 2. The molecule has 20 heavy (non-hydrogen) atoms. The van der Waals surface area contributed by atoms with Crippen LogP contribution in [0.15, 0.2) is 24.3 Å². The lowest BCUT2D eigenvalue weighted by Gasteiger charge is -2.31. The topological polar surface area (TPSA) is 44.4 Å². The quantitative estimate of drug-likeness (QED) is 0.862. The lowest BCUT2D eigenvalue weighted by atomic mass is 10.1. The summed E-state index contributed by atoms with van der Waals surface area (Å²) in [5, 5.41) is 6.29. The molecule has 1 unspecified atom stereocenters. The molecule has 0 bridgehead atoms. The zero-order valence-corrected chi connectivity index (χ0v) is 12.5. The highest BCUT2D eigenvalue weighted by Crippen LogP contribution is 2.12. The van der Waals surface area contributed by atoms with Gasteiger partial charge in [0, 0.05) is 18.3 Å². The van der Waals surface area contributed by atoms with Gasteiger partial charge in [0.2, 0.25) is 5.91 Å². The average molecular weight is 275 g/mol. The molecule has 1 aliphatic rings. The van der Waals surface area contributed by atoms with Crippen molar-refractivity contribution >= 4 is 11.6 Å². The number of anilines is 1. The second kappa shape index (κ2) is 7.41. The van der Waals surface area contributed by atoms with E-state index in [9.17, 15) is 4.79 Å². The molecule has 0 saturated carbocycles. The van der Waals surface area contributed by atoms with Crippen LogP contribution in [-0.2, 0) is 11.2 Å². The third-order valence-corrected chi connectivity index (χ3v) is 3.90. The number of hydrogen-bond donors (Lipinski definition) is 2. The van der Waals surface area contributed by atoms with Crippen LogP contribution in [0, 0.1) is 0 Å². The van der Waals surface area contributed by atoms with Crippen molar-refractivity contribution in [2.24, 2.45) is 0 Å². The minimum Gasteiger partial charge on any atom is -0.325 e. The van der Waals surface area contributed by atoms with Gasteiger partial charge in [-0.15, -0.1) is 0 Å². The van der Waals surface area contributed by atoms with Crippen LogP contribution in [-0.4, -0.2) is 43.5 Å². The zero-order valence-electron chi connectivity index (χ0n) is 12.5. The number of nitrogens with zero attached hydrogens (tertiary/aromatic N) is 1. The minimum absolute atomic E-state index is 0.0787. The molecule has 1 heterocycles. The third kappa shape index (κ3) is 4.32. The number of rotatable bonds is 5. The number of piperidine rings is 1. The molecular weight excluding hydrogens is 250 g/mol. The molecule has 2 N–H and O–H groups in total. The molecule has 1 atom stereocenters. The first-order chi connectivity index (χ1) is 9.71. The molecule has 1 amide bonds. The van der Waals surface area contributed by atoms with Crippen molar-refractivity contribution in [2.75, 3.05) is 32.0 Å². The SMILES string of the molecule is CCc1cccc(NC(=O)CN2CCCC(NC)C2)c1. The van der Waals surface area contributed by atoms with Gasteiger partial charge in [-0.1, -0.05) is 19.1 Å². The van der Waals surface area contributed by atoms with Crippen LogP contribution in [0.4, 0.5) is 5.69 Å². The largest absolute Gasteiger partial charge is 0.325 e. The Labute approximate surface area is 121 Å². The first-order valence-electron chi connectivity index (χ1n) is 7.49. The van der Waals surface area contributed by atoms with E-state index in [1.807, 2.05) is 25.2 Å². The molecule has 1 fully saturated rings. The van der Waals surface area contributed by atoms with Gasteiger partial charge >= 0.3 is 0 Å². The van der Waals surface area contributed by atoms with E-state index in [1.165, 1.54) is 12.0 Å². The monoisotopic (exact) mass is 275 g/mol. The van der Waals surface area contributed by atoms with E-state index in [2.05, 4.69) is 28.5 Å². The summed E-state index contributed by atoms with van der Waals surface area (Å²) in [7, 11) is 1.99. The van der Waals surface area contributed by atoms with E-state index in [0.717, 1.165) is 31.6 Å². The number of likely N-dealkylation sites (N-methyl/N-ethyl adjacent to an activating group) is 1. The molecule has 1 aromatic carbocycles. The molecule has 0 aromatic heterocycles. The maximum atomic E-state index is 12.1. The van der Waals surface area contributed by atoms with Crippen molar-refractivity contribution in [3.05, 3.63) is 29.8 Å². The fourth-order valence-electron chi connectivity index (χ4n) is 2.71. The van der Waals surface area contributed by atoms with Gasteiger partial charge in [-0.3, -0.25) is 9.69 Å². The Bertz CT molecular complexity index is 447. The third-order valence-electron chi connectivity index (χ3n) is 3.90. The van der Waals surface area contributed by atoms with Gasteiger partial charge in [-0.25, -0.2) is 0 Å². The molecular formula is C16H25N3O. The van der Waals surface area contributed by atoms with Crippen molar-refractivity contribution in [3.8, 4) is 0 Å². The number of carbonyl (C=O) groups is 1. The van der Waals surface area contributed by atoms with E-state index in [1.54, 1.807) is 0 Å². The summed E-state index contributed by atoms with van der Waals surface area (Å²) < 4.78 is 0. The smallest absolute Gasteiger partial charge is 0.238 e. The normalized spacial score (nSPS) is 19.8. The number of aryl methyl sites for hydroxylation is 1. The van der Waals surface area contributed by atoms with E-state index >= 15 is 0 Å². The van der Waals surface area contributed by atoms with Gasteiger partial charge in [0.1, 0.15) is 0 Å². The van der Waals surface area contributed by atoms with Crippen LogP contribution in [0.2, 0.25) is 0 Å². The molecule has 1 aliphatic heterocycles. The lowest BCUT2D eigenvalue weighted by molar-refractivity contribution is -0.117. The van der Waals surface area contributed by atoms with Gasteiger partial charge in [-0.05, 0) is 50.6 Å². The van der Waals surface area contributed by atoms with E-state index in [0.29, 0.717) is 12.6 Å². The maximum absolute atomic E-state index is 12.1. The van der Waals surface area contributed by atoms with Crippen LogP contribution in [0.1, 0.15) is 25.3 Å². The molecule has 0 radical (unpaired) electrons.